The summed E-state index contributed by atoms with van der Waals surface area (Å²) in [5.74, 6) is -0.638. The number of hydrogen-bond acceptors (Lipinski definition) is 3. The van der Waals surface area contributed by atoms with Gasteiger partial charge in [0, 0.05) is 16.3 Å². The van der Waals surface area contributed by atoms with Crippen LogP contribution in [0.25, 0.3) is 0 Å². The predicted molar refractivity (Wildman–Crippen MR) is 84.6 cm³/mol. The molecule has 0 spiro atoms. The van der Waals surface area contributed by atoms with Crippen LogP contribution in [0.4, 0.5) is 5.69 Å². The average molecular weight is 316 g/mol. The summed E-state index contributed by atoms with van der Waals surface area (Å²) in [6.45, 7) is 1.79. The van der Waals surface area contributed by atoms with E-state index in [0.717, 1.165) is 0 Å². The summed E-state index contributed by atoms with van der Waals surface area (Å²) in [6, 6.07) is 13.8. The van der Waals surface area contributed by atoms with E-state index in [9.17, 15) is 9.59 Å². The molecular formula is C16H14ClN3O2. The number of hydrogen-bond donors (Lipinski definition) is 2. The Morgan fingerprint density at radius 3 is 2.68 bits per heavy atom. The fourth-order valence-electron chi connectivity index (χ4n) is 2.33. The van der Waals surface area contributed by atoms with Gasteiger partial charge in [-0.1, -0.05) is 29.8 Å². The molecule has 2 amide bonds. The SMILES string of the molecule is CC1Nc2ccc(Cl)cc2C(=O)N1NC(=O)c1ccccc1. The summed E-state index contributed by atoms with van der Waals surface area (Å²) in [7, 11) is 0. The van der Waals surface area contributed by atoms with Crippen molar-refractivity contribution in [2.45, 2.75) is 13.1 Å². The molecule has 0 radical (unpaired) electrons. The standard InChI is InChI=1S/C16H14ClN3O2/c1-10-18-14-8-7-12(17)9-13(14)16(22)20(10)19-15(21)11-5-3-2-4-6-11/h2-10,18H,1H3,(H,19,21). The molecule has 112 valence electrons. The molecule has 2 aromatic rings. The summed E-state index contributed by atoms with van der Waals surface area (Å²) in [4.78, 5) is 24.8. The zero-order chi connectivity index (χ0) is 15.7. The highest BCUT2D eigenvalue weighted by atomic mass is 35.5. The van der Waals surface area contributed by atoms with Crippen molar-refractivity contribution >= 4 is 29.1 Å². The summed E-state index contributed by atoms with van der Waals surface area (Å²) in [5.41, 5.74) is 4.25. The molecule has 1 heterocycles. The van der Waals surface area contributed by atoms with Gasteiger partial charge in [-0.2, -0.15) is 0 Å². The molecule has 0 saturated carbocycles. The Balaban J connectivity index is 1.85. The van der Waals surface area contributed by atoms with E-state index < -0.39 is 0 Å². The van der Waals surface area contributed by atoms with Crippen LogP contribution in [0.1, 0.15) is 27.6 Å². The quantitative estimate of drug-likeness (QED) is 0.895. The number of amides is 2. The molecule has 6 heteroatoms. The first-order valence-corrected chi connectivity index (χ1v) is 7.20. The summed E-state index contributed by atoms with van der Waals surface area (Å²) in [6.07, 6.45) is -0.367. The molecule has 0 saturated heterocycles. The Morgan fingerprint density at radius 1 is 1.23 bits per heavy atom. The molecule has 22 heavy (non-hydrogen) atoms. The largest absolute Gasteiger partial charge is 0.363 e. The number of halogens is 1. The normalized spacial score (nSPS) is 16.7. The van der Waals surface area contributed by atoms with Crippen LogP contribution >= 0.6 is 11.6 Å². The van der Waals surface area contributed by atoms with E-state index in [1.807, 2.05) is 6.07 Å². The zero-order valence-electron chi connectivity index (χ0n) is 11.8. The molecule has 0 fully saturated rings. The van der Waals surface area contributed by atoms with E-state index in [0.29, 0.717) is 21.8 Å². The predicted octanol–water partition coefficient (Wildman–Crippen LogP) is 2.90. The van der Waals surface area contributed by atoms with Gasteiger partial charge in [-0.25, -0.2) is 5.01 Å². The Hall–Kier alpha value is -2.53. The molecule has 1 aliphatic rings. The van der Waals surface area contributed by atoms with Crippen molar-refractivity contribution in [3.63, 3.8) is 0 Å². The third-order valence-corrected chi connectivity index (χ3v) is 3.68. The first kappa shape index (κ1) is 14.4. The van der Waals surface area contributed by atoms with E-state index in [1.54, 1.807) is 49.4 Å². The molecular weight excluding hydrogens is 302 g/mol. The number of nitrogens with zero attached hydrogens (tertiary/aromatic N) is 1. The van der Waals surface area contributed by atoms with Crippen molar-refractivity contribution in [1.29, 1.82) is 0 Å². The van der Waals surface area contributed by atoms with Crippen LogP contribution in [0.3, 0.4) is 0 Å². The van der Waals surface area contributed by atoms with Crippen molar-refractivity contribution in [2.24, 2.45) is 0 Å². The monoisotopic (exact) mass is 315 g/mol. The zero-order valence-corrected chi connectivity index (χ0v) is 12.6. The van der Waals surface area contributed by atoms with Gasteiger partial charge in [0.15, 0.2) is 0 Å². The van der Waals surface area contributed by atoms with Gasteiger partial charge in [0.1, 0.15) is 6.17 Å². The maximum atomic E-state index is 12.6. The lowest BCUT2D eigenvalue weighted by atomic mass is 10.1. The minimum absolute atomic E-state index is 0.298. The maximum absolute atomic E-state index is 12.6. The van der Waals surface area contributed by atoms with Gasteiger partial charge in [0.25, 0.3) is 11.8 Å². The highest BCUT2D eigenvalue weighted by molar-refractivity contribution is 6.31. The second-order valence-electron chi connectivity index (χ2n) is 4.99. The highest BCUT2D eigenvalue weighted by Gasteiger charge is 2.31. The van der Waals surface area contributed by atoms with Crippen LogP contribution in [-0.2, 0) is 0 Å². The molecule has 2 N–H and O–H groups in total. The van der Waals surface area contributed by atoms with Crippen molar-refractivity contribution < 1.29 is 9.59 Å². The number of hydrazine groups is 1. The van der Waals surface area contributed by atoms with Crippen LogP contribution < -0.4 is 10.7 Å². The number of fused-ring (bicyclic) bond motifs is 1. The fourth-order valence-corrected chi connectivity index (χ4v) is 2.50. The molecule has 5 nitrogen and oxygen atoms in total. The highest BCUT2D eigenvalue weighted by Crippen LogP contribution is 2.27. The molecule has 0 bridgehead atoms. The Morgan fingerprint density at radius 2 is 1.95 bits per heavy atom. The lowest BCUT2D eigenvalue weighted by Gasteiger charge is -2.35. The number of anilines is 1. The van der Waals surface area contributed by atoms with Gasteiger partial charge < -0.3 is 5.32 Å². The lowest BCUT2D eigenvalue weighted by Crippen LogP contribution is -2.56. The maximum Gasteiger partial charge on any atom is 0.276 e. The smallest absolute Gasteiger partial charge is 0.276 e. The van der Waals surface area contributed by atoms with Gasteiger partial charge in [0.05, 0.1) is 5.56 Å². The van der Waals surface area contributed by atoms with Crippen LogP contribution in [0.5, 0.6) is 0 Å². The van der Waals surface area contributed by atoms with E-state index >= 15 is 0 Å². The Labute approximate surface area is 132 Å². The number of benzene rings is 2. The van der Waals surface area contributed by atoms with Crippen molar-refractivity contribution in [2.75, 3.05) is 5.32 Å². The first-order chi connectivity index (χ1) is 10.6. The van der Waals surface area contributed by atoms with Gasteiger partial charge >= 0.3 is 0 Å². The Kier molecular flexibility index (Phi) is 3.73. The number of nitrogens with one attached hydrogen (secondary N) is 2. The molecule has 1 unspecified atom stereocenters. The van der Waals surface area contributed by atoms with Crippen LogP contribution in [0.15, 0.2) is 48.5 Å². The third-order valence-electron chi connectivity index (χ3n) is 3.44. The number of carbonyl (C=O) groups excluding carboxylic acids is 2. The first-order valence-electron chi connectivity index (χ1n) is 6.82. The van der Waals surface area contributed by atoms with E-state index in [-0.39, 0.29) is 18.0 Å². The van der Waals surface area contributed by atoms with Gasteiger partial charge in [-0.15, -0.1) is 0 Å². The summed E-state index contributed by atoms with van der Waals surface area (Å²) < 4.78 is 0. The van der Waals surface area contributed by atoms with Gasteiger partial charge in [0.2, 0.25) is 0 Å². The molecule has 0 aromatic heterocycles. The number of rotatable bonds is 2. The minimum atomic E-state index is -0.367. The van der Waals surface area contributed by atoms with Gasteiger partial charge in [-0.05, 0) is 37.3 Å². The fraction of sp³-hybridized carbons (Fsp3) is 0.125. The summed E-state index contributed by atoms with van der Waals surface area (Å²) in [5, 5.41) is 4.90. The van der Waals surface area contributed by atoms with E-state index in [4.69, 9.17) is 11.6 Å². The van der Waals surface area contributed by atoms with Crippen molar-refractivity contribution in [3.8, 4) is 0 Å². The van der Waals surface area contributed by atoms with Gasteiger partial charge in [-0.3, -0.25) is 15.0 Å². The average Bonchev–Trinajstić information content (AvgIpc) is 2.53. The van der Waals surface area contributed by atoms with Crippen molar-refractivity contribution in [1.82, 2.24) is 10.4 Å². The third kappa shape index (κ3) is 2.63. The topological polar surface area (TPSA) is 61.4 Å². The summed E-state index contributed by atoms with van der Waals surface area (Å²) >= 11 is 5.94. The van der Waals surface area contributed by atoms with Crippen LogP contribution in [0, 0.1) is 0 Å². The Bertz CT molecular complexity index is 733. The molecule has 1 atom stereocenters. The van der Waals surface area contributed by atoms with Crippen LogP contribution in [-0.4, -0.2) is 23.0 Å². The van der Waals surface area contributed by atoms with Crippen molar-refractivity contribution in [3.05, 3.63) is 64.7 Å². The van der Waals surface area contributed by atoms with Crippen LogP contribution in [0.2, 0.25) is 5.02 Å². The van der Waals surface area contributed by atoms with E-state index in [1.165, 1.54) is 5.01 Å². The lowest BCUT2D eigenvalue weighted by molar-refractivity contribution is 0.0510. The molecule has 3 rings (SSSR count). The minimum Gasteiger partial charge on any atom is -0.363 e. The second-order valence-corrected chi connectivity index (χ2v) is 5.43. The second kappa shape index (κ2) is 5.69. The number of carbonyl (C=O) groups is 2. The molecule has 2 aromatic carbocycles. The molecule has 1 aliphatic heterocycles. The molecule has 0 aliphatic carbocycles. The van der Waals surface area contributed by atoms with E-state index in [2.05, 4.69) is 10.7 Å².